The second kappa shape index (κ2) is 5.20. The third kappa shape index (κ3) is 2.50. The Morgan fingerprint density at radius 2 is 2.09 bits per heavy atom. The highest BCUT2D eigenvalue weighted by atomic mass is 19.3. The van der Waals surface area contributed by atoms with Crippen LogP contribution in [0, 0.1) is 0 Å². The van der Waals surface area contributed by atoms with Gasteiger partial charge in [0.15, 0.2) is 11.9 Å². The minimum Gasteiger partial charge on any atom is -0.481 e. The zero-order valence-corrected chi connectivity index (χ0v) is 12.1. The number of hydrogen-bond acceptors (Lipinski definition) is 6. The van der Waals surface area contributed by atoms with Gasteiger partial charge in [-0.2, -0.15) is 0 Å². The fourth-order valence-corrected chi connectivity index (χ4v) is 2.67. The van der Waals surface area contributed by atoms with E-state index < -0.39 is 12.0 Å². The Morgan fingerprint density at radius 3 is 2.82 bits per heavy atom. The van der Waals surface area contributed by atoms with Crippen LogP contribution in [0.2, 0.25) is 0 Å². The second-order valence-electron chi connectivity index (χ2n) is 5.53. The van der Waals surface area contributed by atoms with Gasteiger partial charge in [0, 0.05) is 13.0 Å². The van der Waals surface area contributed by atoms with E-state index in [0.29, 0.717) is 17.4 Å². The molecule has 1 saturated heterocycles. The van der Waals surface area contributed by atoms with E-state index in [1.807, 2.05) is 0 Å². The van der Waals surface area contributed by atoms with E-state index in [4.69, 9.17) is 16.2 Å². The van der Waals surface area contributed by atoms with Crippen LogP contribution in [0.5, 0.6) is 5.75 Å². The SMILES string of the molecule is CN1CCC(Oc2c(N)ccc3ncnc(N)c23)C(F)(F)C1. The number of fused-ring (bicyclic) bond motifs is 1. The Kier molecular flexibility index (Phi) is 3.48. The molecule has 118 valence electrons. The molecular weight excluding hydrogens is 292 g/mol. The Labute approximate surface area is 126 Å². The van der Waals surface area contributed by atoms with Crippen LogP contribution >= 0.6 is 0 Å². The summed E-state index contributed by atoms with van der Waals surface area (Å²) in [4.78, 5) is 9.52. The van der Waals surface area contributed by atoms with Crippen molar-refractivity contribution in [2.75, 3.05) is 31.6 Å². The fourth-order valence-electron chi connectivity index (χ4n) is 2.67. The highest BCUT2D eigenvalue weighted by Crippen LogP contribution is 2.38. The number of anilines is 2. The molecule has 1 aromatic heterocycles. The number of halogens is 2. The monoisotopic (exact) mass is 309 g/mol. The number of nitrogen functional groups attached to an aromatic ring is 2. The maximum absolute atomic E-state index is 14.2. The summed E-state index contributed by atoms with van der Waals surface area (Å²) in [6.45, 7) is 0.172. The van der Waals surface area contributed by atoms with Gasteiger partial charge in [-0.3, -0.25) is 0 Å². The van der Waals surface area contributed by atoms with Crippen LogP contribution in [-0.2, 0) is 0 Å². The molecule has 1 unspecified atom stereocenters. The van der Waals surface area contributed by atoms with Crippen molar-refractivity contribution in [3.05, 3.63) is 18.5 Å². The number of alkyl halides is 2. The molecular formula is C14H17F2N5O. The van der Waals surface area contributed by atoms with Crippen LogP contribution in [0.15, 0.2) is 18.5 Å². The number of benzene rings is 1. The van der Waals surface area contributed by atoms with E-state index in [0.717, 1.165) is 0 Å². The molecule has 2 heterocycles. The number of hydrogen-bond donors (Lipinski definition) is 2. The number of nitrogens with two attached hydrogens (primary N) is 2. The first kappa shape index (κ1) is 14.7. The third-order valence-corrected chi connectivity index (χ3v) is 3.80. The minimum atomic E-state index is -2.97. The zero-order valence-electron chi connectivity index (χ0n) is 12.1. The van der Waals surface area contributed by atoms with Gasteiger partial charge in [0.05, 0.1) is 23.1 Å². The molecule has 1 aromatic carbocycles. The predicted octanol–water partition coefficient (Wildman–Crippen LogP) is 1.51. The molecule has 0 bridgehead atoms. The lowest BCUT2D eigenvalue weighted by atomic mass is 10.0. The van der Waals surface area contributed by atoms with Gasteiger partial charge in [-0.05, 0) is 19.2 Å². The number of piperidine rings is 1. The number of likely N-dealkylation sites (tertiary alicyclic amines) is 1. The average Bonchev–Trinajstić information content (AvgIpc) is 2.44. The van der Waals surface area contributed by atoms with Gasteiger partial charge in [0.1, 0.15) is 12.1 Å². The quantitative estimate of drug-likeness (QED) is 0.817. The van der Waals surface area contributed by atoms with Crippen LogP contribution in [-0.4, -0.2) is 47.0 Å². The lowest BCUT2D eigenvalue weighted by Crippen LogP contribution is -2.52. The van der Waals surface area contributed by atoms with E-state index >= 15 is 0 Å². The van der Waals surface area contributed by atoms with Gasteiger partial charge >= 0.3 is 0 Å². The lowest BCUT2D eigenvalue weighted by Gasteiger charge is -2.36. The maximum atomic E-state index is 14.2. The van der Waals surface area contributed by atoms with Gasteiger partial charge in [0.2, 0.25) is 0 Å². The largest absolute Gasteiger partial charge is 0.481 e. The average molecular weight is 309 g/mol. The normalized spacial score (nSPS) is 21.9. The van der Waals surface area contributed by atoms with Crippen molar-refractivity contribution >= 4 is 22.4 Å². The molecule has 4 N–H and O–H groups in total. The number of nitrogens with zero attached hydrogens (tertiary/aromatic N) is 3. The Bertz CT molecular complexity index is 709. The van der Waals surface area contributed by atoms with Crippen molar-refractivity contribution in [1.82, 2.24) is 14.9 Å². The molecule has 1 aliphatic heterocycles. The molecule has 1 fully saturated rings. The molecule has 0 aliphatic carbocycles. The number of ether oxygens (including phenoxy) is 1. The van der Waals surface area contributed by atoms with E-state index in [-0.39, 0.29) is 30.2 Å². The molecule has 8 heteroatoms. The molecule has 22 heavy (non-hydrogen) atoms. The molecule has 2 aromatic rings. The highest BCUT2D eigenvalue weighted by molar-refractivity contribution is 5.97. The summed E-state index contributed by atoms with van der Waals surface area (Å²) in [5, 5.41) is 0.372. The van der Waals surface area contributed by atoms with E-state index in [2.05, 4.69) is 9.97 Å². The number of rotatable bonds is 2. The lowest BCUT2D eigenvalue weighted by molar-refractivity contribution is -0.134. The number of aromatic nitrogens is 2. The summed E-state index contributed by atoms with van der Waals surface area (Å²) in [7, 11) is 1.65. The predicted molar refractivity (Wildman–Crippen MR) is 79.8 cm³/mol. The van der Waals surface area contributed by atoms with E-state index in [1.165, 1.54) is 6.33 Å². The van der Waals surface area contributed by atoms with Crippen LogP contribution in [0.25, 0.3) is 10.9 Å². The van der Waals surface area contributed by atoms with Gasteiger partial charge < -0.3 is 21.1 Å². The molecule has 0 radical (unpaired) electrons. The Hall–Kier alpha value is -2.22. The molecule has 1 atom stereocenters. The first-order chi connectivity index (χ1) is 10.4. The third-order valence-electron chi connectivity index (χ3n) is 3.80. The van der Waals surface area contributed by atoms with Crippen molar-refractivity contribution in [1.29, 1.82) is 0 Å². The maximum Gasteiger partial charge on any atom is 0.296 e. The molecule has 1 aliphatic rings. The van der Waals surface area contributed by atoms with Crippen LogP contribution < -0.4 is 16.2 Å². The summed E-state index contributed by atoms with van der Waals surface area (Å²) >= 11 is 0. The molecule has 0 spiro atoms. The summed E-state index contributed by atoms with van der Waals surface area (Å²) < 4.78 is 33.9. The zero-order chi connectivity index (χ0) is 15.9. The molecule has 6 nitrogen and oxygen atoms in total. The van der Waals surface area contributed by atoms with Crippen molar-refractivity contribution in [2.24, 2.45) is 0 Å². The molecule has 0 saturated carbocycles. The van der Waals surface area contributed by atoms with Gasteiger partial charge in [0.25, 0.3) is 5.92 Å². The van der Waals surface area contributed by atoms with Crippen LogP contribution in [0.3, 0.4) is 0 Å². The standard InChI is InChI=1S/C14H17F2N5O/c1-21-5-4-10(14(15,16)6-21)22-12-8(17)2-3-9-11(12)13(18)20-7-19-9/h2-3,7,10H,4-6,17H2,1H3,(H2,18,19,20). The summed E-state index contributed by atoms with van der Waals surface area (Å²) in [6, 6.07) is 3.22. The van der Waals surface area contributed by atoms with Crippen molar-refractivity contribution in [2.45, 2.75) is 18.4 Å². The highest BCUT2D eigenvalue weighted by Gasteiger charge is 2.45. The first-order valence-corrected chi connectivity index (χ1v) is 6.90. The second-order valence-corrected chi connectivity index (χ2v) is 5.53. The summed E-state index contributed by atoms with van der Waals surface area (Å²) in [5.74, 6) is -2.68. The van der Waals surface area contributed by atoms with Gasteiger partial charge in [-0.1, -0.05) is 0 Å². The van der Waals surface area contributed by atoms with E-state index in [1.54, 1.807) is 24.1 Å². The van der Waals surface area contributed by atoms with Crippen molar-refractivity contribution in [3.63, 3.8) is 0 Å². The molecule has 0 amide bonds. The van der Waals surface area contributed by atoms with Crippen LogP contribution in [0.1, 0.15) is 6.42 Å². The van der Waals surface area contributed by atoms with Gasteiger partial charge in [-0.25, -0.2) is 18.7 Å². The van der Waals surface area contributed by atoms with Crippen molar-refractivity contribution in [3.8, 4) is 5.75 Å². The smallest absolute Gasteiger partial charge is 0.296 e. The Balaban J connectivity index is 2.02. The van der Waals surface area contributed by atoms with Crippen molar-refractivity contribution < 1.29 is 13.5 Å². The van der Waals surface area contributed by atoms with Gasteiger partial charge in [-0.15, -0.1) is 0 Å². The Morgan fingerprint density at radius 1 is 1.32 bits per heavy atom. The van der Waals surface area contributed by atoms with Crippen LogP contribution in [0.4, 0.5) is 20.3 Å². The summed E-state index contributed by atoms with van der Waals surface area (Å²) in [6.07, 6.45) is 0.255. The summed E-state index contributed by atoms with van der Waals surface area (Å²) in [5.41, 5.74) is 12.5. The minimum absolute atomic E-state index is 0.129. The fraction of sp³-hybridized carbons (Fsp3) is 0.429. The van der Waals surface area contributed by atoms with E-state index in [9.17, 15) is 8.78 Å². The molecule has 3 rings (SSSR count). The topological polar surface area (TPSA) is 90.3 Å². The first-order valence-electron chi connectivity index (χ1n) is 6.90.